The Kier molecular flexibility index (Phi) is 6.62. The van der Waals surface area contributed by atoms with Crippen molar-refractivity contribution in [1.82, 2.24) is 14.9 Å². The minimum absolute atomic E-state index is 0.815. The maximum Gasteiger partial charge on any atom is 0.188 e. The molecule has 0 unspecified atom stereocenters. The van der Waals surface area contributed by atoms with Gasteiger partial charge in [-0.1, -0.05) is 53.7 Å². The van der Waals surface area contributed by atoms with Gasteiger partial charge in [0.1, 0.15) is 0 Å². The van der Waals surface area contributed by atoms with E-state index >= 15 is 0 Å². The molecule has 0 amide bonds. The fraction of sp³-hybridized carbons (Fsp3) is 0.400. The van der Waals surface area contributed by atoms with E-state index in [1.807, 2.05) is 6.92 Å². The van der Waals surface area contributed by atoms with Crippen LogP contribution in [0.2, 0.25) is 0 Å². The van der Waals surface area contributed by atoms with Gasteiger partial charge in [-0.15, -0.1) is 0 Å². The molecule has 1 aromatic heterocycles. The molecule has 1 aromatic carbocycles. The van der Waals surface area contributed by atoms with Crippen LogP contribution in [-0.2, 0) is 11.3 Å². The highest BCUT2D eigenvalue weighted by Crippen LogP contribution is 2.16. The van der Waals surface area contributed by atoms with Gasteiger partial charge in [0.25, 0.3) is 0 Å². The summed E-state index contributed by atoms with van der Waals surface area (Å²) in [5, 5.41) is 0.858. The minimum Gasteiger partial charge on any atom is -0.379 e. The van der Waals surface area contributed by atoms with Gasteiger partial charge in [0.2, 0.25) is 0 Å². The number of hydrogen-bond acceptors (Lipinski definition) is 5. The number of hydrogen-bond donors (Lipinski definition) is 0. The van der Waals surface area contributed by atoms with Crippen LogP contribution >= 0.6 is 11.8 Å². The largest absolute Gasteiger partial charge is 0.379 e. The Morgan fingerprint density at radius 1 is 1.16 bits per heavy atom. The number of ether oxygens (including phenoxy) is 1. The van der Waals surface area contributed by atoms with Crippen molar-refractivity contribution in [2.24, 2.45) is 0 Å². The van der Waals surface area contributed by atoms with Crippen LogP contribution in [0.3, 0.4) is 0 Å². The standard InChI is InChI=1S/C20H25N3OS/c1-16-5-3-6-18(13-16)7-4-12-25-20-21-17(2)14-19(22-20)15-23-8-10-24-11-9-23/h3-7,13-14H,8-12,15H2,1-2H3/b7-4+. The second-order valence-electron chi connectivity index (χ2n) is 6.30. The average molecular weight is 356 g/mol. The number of thioether (sulfide) groups is 1. The van der Waals surface area contributed by atoms with Crippen molar-refractivity contribution >= 4 is 17.8 Å². The molecule has 25 heavy (non-hydrogen) atoms. The van der Waals surface area contributed by atoms with Gasteiger partial charge in [-0.3, -0.25) is 4.90 Å². The lowest BCUT2D eigenvalue weighted by atomic mass is 10.1. The van der Waals surface area contributed by atoms with Crippen LogP contribution in [0.5, 0.6) is 0 Å². The average Bonchev–Trinajstić information content (AvgIpc) is 2.59. The first kappa shape index (κ1) is 18.1. The maximum absolute atomic E-state index is 5.41. The van der Waals surface area contributed by atoms with E-state index in [4.69, 9.17) is 9.72 Å². The zero-order valence-electron chi connectivity index (χ0n) is 14.9. The molecule has 0 saturated carbocycles. The first-order valence-electron chi connectivity index (χ1n) is 8.70. The van der Waals surface area contributed by atoms with Crippen LogP contribution in [0.4, 0.5) is 0 Å². The topological polar surface area (TPSA) is 38.2 Å². The fourth-order valence-corrected chi connectivity index (χ4v) is 3.55. The Morgan fingerprint density at radius 3 is 2.80 bits per heavy atom. The molecule has 0 N–H and O–H groups in total. The van der Waals surface area contributed by atoms with Gasteiger partial charge >= 0.3 is 0 Å². The second kappa shape index (κ2) is 9.13. The van der Waals surface area contributed by atoms with Gasteiger partial charge in [-0.2, -0.15) is 0 Å². The van der Waals surface area contributed by atoms with Gasteiger partial charge in [0.05, 0.1) is 18.9 Å². The molecule has 1 saturated heterocycles. The molecule has 2 aromatic rings. The third-order valence-corrected chi connectivity index (χ3v) is 4.84. The molecule has 132 valence electrons. The van der Waals surface area contributed by atoms with Crippen molar-refractivity contribution < 1.29 is 4.74 Å². The number of morpholine rings is 1. The Bertz CT molecular complexity index is 727. The number of rotatable bonds is 6. The number of nitrogens with zero attached hydrogens (tertiary/aromatic N) is 3. The maximum atomic E-state index is 5.41. The Balaban J connectivity index is 1.56. The van der Waals surface area contributed by atoms with E-state index in [0.29, 0.717) is 0 Å². The summed E-state index contributed by atoms with van der Waals surface area (Å²) < 4.78 is 5.41. The molecule has 5 heteroatoms. The predicted octanol–water partition coefficient (Wildman–Crippen LogP) is 3.73. The summed E-state index contributed by atoms with van der Waals surface area (Å²) in [5.41, 5.74) is 4.64. The molecule has 1 aliphatic heterocycles. The molecular formula is C20H25N3OS. The first-order chi connectivity index (χ1) is 12.2. The van der Waals surface area contributed by atoms with E-state index in [1.54, 1.807) is 11.8 Å². The number of benzene rings is 1. The van der Waals surface area contributed by atoms with Crippen LogP contribution in [0.1, 0.15) is 22.5 Å². The quantitative estimate of drug-likeness (QED) is 0.583. The monoisotopic (exact) mass is 355 g/mol. The molecule has 2 heterocycles. The highest BCUT2D eigenvalue weighted by atomic mass is 32.2. The Morgan fingerprint density at radius 2 is 2.00 bits per heavy atom. The lowest BCUT2D eigenvalue weighted by Gasteiger charge is -2.26. The lowest BCUT2D eigenvalue weighted by molar-refractivity contribution is 0.0335. The van der Waals surface area contributed by atoms with Crippen molar-refractivity contribution in [1.29, 1.82) is 0 Å². The normalized spacial score (nSPS) is 15.8. The van der Waals surface area contributed by atoms with Crippen molar-refractivity contribution in [2.45, 2.75) is 25.5 Å². The summed E-state index contributed by atoms with van der Waals surface area (Å²) in [7, 11) is 0. The summed E-state index contributed by atoms with van der Waals surface area (Å²) in [5.74, 6) is 0.869. The van der Waals surface area contributed by atoms with Gasteiger partial charge in [-0.05, 0) is 25.5 Å². The van der Waals surface area contributed by atoms with Crippen LogP contribution in [0.15, 0.2) is 41.6 Å². The second-order valence-corrected chi connectivity index (χ2v) is 7.29. The molecular weight excluding hydrogens is 330 g/mol. The van der Waals surface area contributed by atoms with Crippen molar-refractivity contribution in [3.63, 3.8) is 0 Å². The van der Waals surface area contributed by atoms with E-state index < -0.39 is 0 Å². The van der Waals surface area contributed by atoms with Gasteiger partial charge in [-0.25, -0.2) is 9.97 Å². The van der Waals surface area contributed by atoms with Crippen LogP contribution < -0.4 is 0 Å². The highest BCUT2D eigenvalue weighted by Gasteiger charge is 2.12. The zero-order valence-corrected chi connectivity index (χ0v) is 15.8. The molecule has 0 aliphatic carbocycles. The molecule has 0 spiro atoms. The Hall–Kier alpha value is -1.69. The van der Waals surface area contributed by atoms with Crippen LogP contribution in [0.25, 0.3) is 6.08 Å². The minimum atomic E-state index is 0.815. The molecule has 1 fully saturated rings. The van der Waals surface area contributed by atoms with Crippen molar-refractivity contribution in [3.05, 3.63) is 58.9 Å². The van der Waals surface area contributed by atoms with Crippen LogP contribution in [-0.4, -0.2) is 46.9 Å². The third-order valence-electron chi connectivity index (χ3n) is 4.04. The SMILES string of the molecule is Cc1cccc(/C=C/CSc2nc(C)cc(CN3CCOCC3)n2)c1. The molecule has 4 nitrogen and oxygen atoms in total. The predicted molar refractivity (Wildman–Crippen MR) is 104 cm³/mol. The van der Waals surface area contributed by atoms with E-state index in [2.05, 4.69) is 59.3 Å². The van der Waals surface area contributed by atoms with E-state index in [0.717, 1.165) is 55.1 Å². The molecule has 1 aliphatic rings. The summed E-state index contributed by atoms with van der Waals surface area (Å²) in [4.78, 5) is 11.7. The van der Waals surface area contributed by atoms with E-state index in [9.17, 15) is 0 Å². The van der Waals surface area contributed by atoms with E-state index in [-0.39, 0.29) is 0 Å². The van der Waals surface area contributed by atoms with Gasteiger partial charge < -0.3 is 4.74 Å². The van der Waals surface area contributed by atoms with E-state index in [1.165, 1.54) is 11.1 Å². The summed E-state index contributed by atoms with van der Waals surface area (Å²) in [6.07, 6.45) is 4.33. The smallest absolute Gasteiger partial charge is 0.188 e. The third kappa shape index (κ3) is 5.96. The summed E-state index contributed by atoms with van der Waals surface area (Å²) in [6.45, 7) is 8.61. The first-order valence-corrected chi connectivity index (χ1v) is 9.68. The van der Waals surface area contributed by atoms with Crippen molar-refractivity contribution in [2.75, 3.05) is 32.1 Å². The molecule has 0 bridgehead atoms. The van der Waals surface area contributed by atoms with Gasteiger partial charge in [0.15, 0.2) is 5.16 Å². The van der Waals surface area contributed by atoms with Gasteiger partial charge in [0, 0.05) is 31.1 Å². The van der Waals surface area contributed by atoms with Crippen LogP contribution in [0, 0.1) is 13.8 Å². The molecule has 3 rings (SSSR count). The number of aromatic nitrogens is 2. The highest BCUT2D eigenvalue weighted by molar-refractivity contribution is 7.99. The fourth-order valence-electron chi connectivity index (χ4n) is 2.82. The number of aryl methyl sites for hydroxylation is 2. The molecule has 0 atom stereocenters. The molecule has 0 radical (unpaired) electrons. The summed E-state index contributed by atoms with van der Waals surface area (Å²) in [6, 6.07) is 10.6. The zero-order chi connectivity index (χ0) is 17.5. The Labute approximate surface area is 154 Å². The summed E-state index contributed by atoms with van der Waals surface area (Å²) >= 11 is 1.68. The van der Waals surface area contributed by atoms with Crippen molar-refractivity contribution in [3.8, 4) is 0 Å². The lowest BCUT2D eigenvalue weighted by Crippen LogP contribution is -2.35.